The Balaban J connectivity index is 3.37. The molecule has 1 rings (SSSR count). The number of rotatable bonds is 3. The second kappa shape index (κ2) is 5.51. The van der Waals surface area contributed by atoms with Crippen molar-refractivity contribution in [1.82, 2.24) is 0 Å². The molecule has 0 saturated heterocycles. The second-order valence-electron chi connectivity index (χ2n) is 3.68. The van der Waals surface area contributed by atoms with E-state index in [0.717, 1.165) is 15.6 Å². The van der Waals surface area contributed by atoms with E-state index in [9.17, 15) is 9.90 Å². The van der Waals surface area contributed by atoms with Gasteiger partial charge in [-0.05, 0) is 25.5 Å². The maximum Gasteiger partial charge on any atom is 0.339 e. The van der Waals surface area contributed by atoms with Crippen molar-refractivity contribution in [3.8, 4) is 5.75 Å². The SMILES string of the molecule is COC(=O)C(O)c1cc(C)c(Br)c(C)c1OC. The fourth-order valence-corrected chi connectivity index (χ4v) is 1.98. The predicted molar refractivity (Wildman–Crippen MR) is 67.1 cm³/mol. The zero-order valence-corrected chi connectivity index (χ0v) is 11.8. The Kier molecular flexibility index (Phi) is 4.54. The minimum absolute atomic E-state index is 0.414. The molecule has 0 aromatic heterocycles. The van der Waals surface area contributed by atoms with Crippen molar-refractivity contribution in [2.24, 2.45) is 0 Å². The highest BCUT2D eigenvalue weighted by molar-refractivity contribution is 9.10. The van der Waals surface area contributed by atoms with Crippen LogP contribution in [0.2, 0.25) is 0 Å². The maximum absolute atomic E-state index is 11.3. The number of hydrogen-bond donors (Lipinski definition) is 1. The maximum atomic E-state index is 11.3. The third-order valence-corrected chi connectivity index (χ3v) is 3.79. The minimum Gasteiger partial charge on any atom is -0.496 e. The summed E-state index contributed by atoms with van der Waals surface area (Å²) in [5, 5.41) is 9.87. The van der Waals surface area contributed by atoms with Gasteiger partial charge >= 0.3 is 5.97 Å². The number of methoxy groups -OCH3 is 2. The van der Waals surface area contributed by atoms with Crippen molar-refractivity contribution >= 4 is 21.9 Å². The molecule has 0 saturated carbocycles. The number of benzene rings is 1. The molecule has 1 atom stereocenters. The Morgan fingerprint density at radius 2 is 2.00 bits per heavy atom. The Morgan fingerprint density at radius 1 is 1.41 bits per heavy atom. The Hall–Kier alpha value is -1.07. The van der Waals surface area contributed by atoms with E-state index in [1.54, 1.807) is 6.07 Å². The number of hydrogen-bond acceptors (Lipinski definition) is 4. The summed E-state index contributed by atoms with van der Waals surface area (Å²) in [4.78, 5) is 11.3. The van der Waals surface area contributed by atoms with Gasteiger partial charge < -0.3 is 14.6 Å². The van der Waals surface area contributed by atoms with Gasteiger partial charge in [-0.2, -0.15) is 0 Å². The molecule has 1 unspecified atom stereocenters. The number of ether oxygens (including phenoxy) is 2. The standard InChI is InChI=1S/C12H15BrO4/c1-6-5-8(10(14)12(15)17-4)11(16-3)7(2)9(6)13/h5,10,14H,1-4H3. The first-order valence-corrected chi connectivity index (χ1v) is 5.82. The number of aliphatic hydroxyl groups excluding tert-OH is 1. The lowest BCUT2D eigenvalue weighted by atomic mass is 10.0. The zero-order chi connectivity index (χ0) is 13.2. The molecular formula is C12H15BrO4. The highest BCUT2D eigenvalue weighted by atomic mass is 79.9. The first-order valence-electron chi connectivity index (χ1n) is 5.03. The molecule has 5 heteroatoms. The third-order valence-electron chi connectivity index (χ3n) is 2.57. The summed E-state index contributed by atoms with van der Waals surface area (Å²) in [5.41, 5.74) is 2.17. The summed E-state index contributed by atoms with van der Waals surface area (Å²) in [6.45, 7) is 3.73. The third kappa shape index (κ3) is 2.61. The van der Waals surface area contributed by atoms with Gasteiger partial charge in [0.1, 0.15) is 5.75 Å². The lowest BCUT2D eigenvalue weighted by Crippen LogP contribution is -2.15. The molecule has 0 spiro atoms. The van der Waals surface area contributed by atoms with Gasteiger partial charge in [-0.3, -0.25) is 0 Å². The van der Waals surface area contributed by atoms with Gasteiger partial charge in [0, 0.05) is 15.6 Å². The van der Waals surface area contributed by atoms with E-state index in [-0.39, 0.29) is 0 Å². The van der Waals surface area contributed by atoms with E-state index >= 15 is 0 Å². The molecule has 4 nitrogen and oxygen atoms in total. The molecule has 0 fully saturated rings. The van der Waals surface area contributed by atoms with Crippen LogP contribution in [-0.2, 0) is 9.53 Å². The number of carbonyl (C=O) groups is 1. The molecule has 0 amide bonds. The lowest BCUT2D eigenvalue weighted by molar-refractivity contribution is -0.150. The molecule has 17 heavy (non-hydrogen) atoms. The summed E-state index contributed by atoms with van der Waals surface area (Å²) in [6, 6.07) is 1.71. The lowest BCUT2D eigenvalue weighted by Gasteiger charge is -2.17. The van der Waals surface area contributed by atoms with Gasteiger partial charge in [-0.1, -0.05) is 15.9 Å². The normalized spacial score (nSPS) is 12.1. The molecular weight excluding hydrogens is 288 g/mol. The minimum atomic E-state index is -1.33. The van der Waals surface area contributed by atoms with Crippen LogP contribution in [0, 0.1) is 13.8 Å². The molecule has 1 N–H and O–H groups in total. The van der Waals surface area contributed by atoms with E-state index in [1.807, 2.05) is 13.8 Å². The molecule has 0 heterocycles. The topological polar surface area (TPSA) is 55.8 Å². The summed E-state index contributed by atoms with van der Waals surface area (Å²) in [5.74, 6) is -0.218. The fourth-order valence-electron chi connectivity index (χ4n) is 1.69. The van der Waals surface area contributed by atoms with E-state index in [0.29, 0.717) is 11.3 Å². The quantitative estimate of drug-likeness (QED) is 0.870. The average molecular weight is 303 g/mol. The Morgan fingerprint density at radius 3 is 2.47 bits per heavy atom. The van der Waals surface area contributed by atoms with Gasteiger partial charge in [0.05, 0.1) is 14.2 Å². The number of aryl methyl sites for hydroxylation is 1. The van der Waals surface area contributed by atoms with E-state index < -0.39 is 12.1 Å². The predicted octanol–water partition coefficient (Wildman–Crippen LogP) is 2.28. The fraction of sp³-hybridized carbons (Fsp3) is 0.417. The van der Waals surface area contributed by atoms with Crippen molar-refractivity contribution in [1.29, 1.82) is 0 Å². The monoisotopic (exact) mass is 302 g/mol. The van der Waals surface area contributed by atoms with Crippen LogP contribution < -0.4 is 4.74 Å². The molecule has 1 aromatic rings. The Bertz CT molecular complexity index is 443. The Labute approximate surface area is 109 Å². The molecule has 0 aliphatic carbocycles. The van der Waals surface area contributed by atoms with Crippen LogP contribution in [0.4, 0.5) is 0 Å². The van der Waals surface area contributed by atoms with Gasteiger partial charge in [-0.25, -0.2) is 4.79 Å². The highest BCUT2D eigenvalue weighted by Gasteiger charge is 2.24. The number of carbonyl (C=O) groups excluding carboxylic acids is 1. The highest BCUT2D eigenvalue weighted by Crippen LogP contribution is 2.36. The van der Waals surface area contributed by atoms with Crippen LogP contribution in [0.15, 0.2) is 10.5 Å². The summed E-state index contributed by atoms with van der Waals surface area (Å²) < 4.78 is 10.6. The molecule has 1 aromatic carbocycles. The number of aliphatic hydroxyl groups is 1. The van der Waals surface area contributed by atoms with Crippen LogP contribution in [-0.4, -0.2) is 25.3 Å². The summed E-state index contributed by atoms with van der Waals surface area (Å²) in [7, 11) is 2.73. The van der Waals surface area contributed by atoms with Gasteiger partial charge in [-0.15, -0.1) is 0 Å². The van der Waals surface area contributed by atoms with Crippen LogP contribution in [0.25, 0.3) is 0 Å². The molecule has 0 aliphatic rings. The van der Waals surface area contributed by atoms with E-state index in [2.05, 4.69) is 20.7 Å². The van der Waals surface area contributed by atoms with Crippen molar-refractivity contribution in [2.45, 2.75) is 20.0 Å². The molecule has 0 aliphatic heterocycles. The molecule has 94 valence electrons. The van der Waals surface area contributed by atoms with Crippen LogP contribution in [0.1, 0.15) is 22.8 Å². The van der Waals surface area contributed by atoms with Crippen LogP contribution in [0.3, 0.4) is 0 Å². The smallest absolute Gasteiger partial charge is 0.339 e. The summed E-state index contributed by atoms with van der Waals surface area (Å²) >= 11 is 3.43. The summed E-state index contributed by atoms with van der Waals surface area (Å²) in [6.07, 6.45) is -1.33. The van der Waals surface area contributed by atoms with Gasteiger partial charge in [0.15, 0.2) is 6.10 Å². The molecule has 0 radical (unpaired) electrons. The zero-order valence-electron chi connectivity index (χ0n) is 10.2. The van der Waals surface area contributed by atoms with Gasteiger partial charge in [0.25, 0.3) is 0 Å². The van der Waals surface area contributed by atoms with E-state index in [1.165, 1.54) is 14.2 Å². The van der Waals surface area contributed by atoms with Gasteiger partial charge in [0.2, 0.25) is 0 Å². The largest absolute Gasteiger partial charge is 0.496 e. The van der Waals surface area contributed by atoms with Crippen molar-refractivity contribution < 1.29 is 19.4 Å². The number of esters is 1. The first kappa shape index (κ1) is 14.0. The first-order chi connectivity index (χ1) is 7.93. The van der Waals surface area contributed by atoms with Crippen LogP contribution >= 0.6 is 15.9 Å². The average Bonchev–Trinajstić information content (AvgIpc) is 2.33. The van der Waals surface area contributed by atoms with Crippen molar-refractivity contribution in [3.05, 3.63) is 27.2 Å². The van der Waals surface area contributed by atoms with E-state index in [4.69, 9.17) is 4.74 Å². The van der Waals surface area contributed by atoms with Crippen LogP contribution in [0.5, 0.6) is 5.75 Å². The van der Waals surface area contributed by atoms with Crippen molar-refractivity contribution in [2.75, 3.05) is 14.2 Å². The second-order valence-corrected chi connectivity index (χ2v) is 4.47. The van der Waals surface area contributed by atoms with Crippen molar-refractivity contribution in [3.63, 3.8) is 0 Å². The number of halogens is 1. The molecule has 0 bridgehead atoms.